The molecule has 0 amide bonds. The highest BCUT2D eigenvalue weighted by Gasteiger charge is 2.19. The van der Waals surface area contributed by atoms with Gasteiger partial charge < -0.3 is 19.7 Å². The van der Waals surface area contributed by atoms with Crippen LogP contribution in [0.3, 0.4) is 0 Å². The fourth-order valence-corrected chi connectivity index (χ4v) is 2.36. The molecule has 108 valence electrons. The SMILES string of the molecule is CCCOC1CCCN(CCCNCCOC)C1. The maximum atomic E-state index is 5.85. The normalized spacial score (nSPS) is 21.3. The summed E-state index contributed by atoms with van der Waals surface area (Å²) in [7, 11) is 1.74. The molecule has 0 aliphatic carbocycles. The van der Waals surface area contributed by atoms with Gasteiger partial charge in [-0.1, -0.05) is 6.92 Å². The molecule has 1 unspecified atom stereocenters. The van der Waals surface area contributed by atoms with Crippen molar-refractivity contribution in [2.45, 2.75) is 38.7 Å². The molecule has 0 spiro atoms. The zero-order chi connectivity index (χ0) is 13.1. The molecule has 1 heterocycles. The molecule has 0 aromatic rings. The third kappa shape index (κ3) is 7.31. The Balaban J connectivity index is 2.00. The molecule has 1 atom stereocenters. The van der Waals surface area contributed by atoms with E-state index in [1.165, 1.54) is 32.4 Å². The second-order valence-electron chi connectivity index (χ2n) is 5.03. The van der Waals surface area contributed by atoms with Crippen LogP contribution in [-0.4, -0.2) is 64.1 Å². The summed E-state index contributed by atoms with van der Waals surface area (Å²) in [6.07, 6.45) is 5.33. The summed E-state index contributed by atoms with van der Waals surface area (Å²) < 4.78 is 10.8. The highest BCUT2D eigenvalue weighted by Crippen LogP contribution is 2.13. The average Bonchev–Trinajstić information content (AvgIpc) is 2.41. The van der Waals surface area contributed by atoms with Crippen LogP contribution < -0.4 is 5.32 Å². The molecule has 0 aromatic heterocycles. The van der Waals surface area contributed by atoms with Crippen molar-refractivity contribution in [1.82, 2.24) is 10.2 Å². The number of hydrogen-bond donors (Lipinski definition) is 1. The van der Waals surface area contributed by atoms with Crippen LogP contribution in [0.25, 0.3) is 0 Å². The Morgan fingerprint density at radius 1 is 1.28 bits per heavy atom. The molecule has 4 nitrogen and oxygen atoms in total. The predicted octanol–water partition coefficient (Wildman–Crippen LogP) is 1.50. The predicted molar refractivity (Wildman–Crippen MR) is 75.1 cm³/mol. The van der Waals surface area contributed by atoms with E-state index in [4.69, 9.17) is 9.47 Å². The molecular formula is C14H30N2O2. The highest BCUT2D eigenvalue weighted by atomic mass is 16.5. The van der Waals surface area contributed by atoms with Gasteiger partial charge in [-0.05, 0) is 45.3 Å². The molecule has 0 bridgehead atoms. The number of methoxy groups -OCH3 is 1. The van der Waals surface area contributed by atoms with E-state index in [2.05, 4.69) is 17.1 Å². The molecule has 0 saturated carbocycles. The summed E-state index contributed by atoms with van der Waals surface area (Å²) in [5, 5.41) is 3.39. The van der Waals surface area contributed by atoms with E-state index in [0.717, 1.165) is 39.3 Å². The molecule has 1 rings (SSSR count). The summed E-state index contributed by atoms with van der Waals surface area (Å²) in [5.74, 6) is 0. The van der Waals surface area contributed by atoms with E-state index in [-0.39, 0.29) is 0 Å². The summed E-state index contributed by atoms with van der Waals surface area (Å²) in [5.41, 5.74) is 0. The zero-order valence-electron chi connectivity index (χ0n) is 12.1. The van der Waals surface area contributed by atoms with Gasteiger partial charge in [0.1, 0.15) is 0 Å². The number of likely N-dealkylation sites (tertiary alicyclic amines) is 1. The Bertz CT molecular complexity index is 191. The van der Waals surface area contributed by atoms with Crippen LogP contribution in [0.4, 0.5) is 0 Å². The maximum absolute atomic E-state index is 5.85. The van der Waals surface area contributed by atoms with Crippen LogP contribution in [0, 0.1) is 0 Å². The molecule has 1 aliphatic rings. The van der Waals surface area contributed by atoms with Gasteiger partial charge >= 0.3 is 0 Å². The van der Waals surface area contributed by atoms with Crippen LogP contribution in [0.1, 0.15) is 32.6 Å². The van der Waals surface area contributed by atoms with E-state index < -0.39 is 0 Å². The lowest BCUT2D eigenvalue weighted by molar-refractivity contribution is -0.000197. The molecule has 4 heteroatoms. The molecule has 0 radical (unpaired) electrons. The van der Waals surface area contributed by atoms with Gasteiger partial charge in [-0.2, -0.15) is 0 Å². The van der Waals surface area contributed by atoms with E-state index in [1.807, 2.05) is 0 Å². The van der Waals surface area contributed by atoms with Crippen molar-refractivity contribution in [3.63, 3.8) is 0 Å². The number of rotatable bonds is 10. The summed E-state index contributed by atoms with van der Waals surface area (Å²) in [6.45, 7) is 9.48. The van der Waals surface area contributed by atoms with Gasteiger partial charge in [-0.3, -0.25) is 0 Å². The van der Waals surface area contributed by atoms with Crippen LogP contribution in [-0.2, 0) is 9.47 Å². The highest BCUT2D eigenvalue weighted by molar-refractivity contribution is 4.73. The van der Waals surface area contributed by atoms with Crippen LogP contribution in [0.2, 0.25) is 0 Å². The van der Waals surface area contributed by atoms with Crippen molar-refractivity contribution in [3.05, 3.63) is 0 Å². The number of nitrogens with zero attached hydrogens (tertiary/aromatic N) is 1. The minimum absolute atomic E-state index is 0.472. The quantitative estimate of drug-likeness (QED) is 0.602. The maximum Gasteiger partial charge on any atom is 0.0702 e. The largest absolute Gasteiger partial charge is 0.383 e. The topological polar surface area (TPSA) is 33.7 Å². The van der Waals surface area contributed by atoms with Crippen molar-refractivity contribution in [3.8, 4) is 0 Å². The lowest BCUT2D eigenvalue weighted by Crippen LogP contribution is -2.40. The first-order valence-corrected chi connectivity index (χ1v) is 7.40. The second kappa shape index (κ2) is 10.7. The average molecular weight is 258 g/mol. The molecule has 0 aromatic carbocycles. The lowest BCUT2D eigenvalue weighted by atomic mass is 10.1. The van der Waals surface area contributed by atoms with E-state index in [1.54, 1.807) is 7.11 Å². The van der Waals surface area contributed by atoms with E-state index >= 15 is 0 Å². The molecule has 1 aliphatic heterocycles. The lowest BCUT2D eigenvalue weighted by Gasteiger charge is -2.32. The summed E-state index contributed by atoms with van der Waals surface area (Å²) in [6, 6.07) is 0. The Hall–Kier alpha value is -0.160. The first kappa shape index (κ1) is 15.9. The number of nitrogens with one attached hydrogen (secondary N) is 1. The number of piperidine rings is 1. The van der Waals surface area contributed by atoms with Gasteiger partial charge in [-0.25, -0.2) is 0 Å². The fraction of sp³-hybridized carbons (Fsp3) is 1.00. The standard InChI is InChI=1S/C14H30N2O2/c1-3-11-18-14-6-4-9-16(13-14)10-5-7-15-8-12-17-2/h14-15H,3-13H2,1-2H3. The molecule has 1 saturated heterocycles. The van der Waals surface area contributed by atoms with Crippen LogP contribution >= 0.6 is 0 Å². The summed E-state index contributed by atoms with van der Waals surface area (Å²) in [4.78, 5) is 2.54. The molecule has 18 heavy (non-hydrogen) atoms. The van der Waals surface area contributed by atoms with Gasteiger partial charge in [0.15, 0.2) is 0 Å². The van der Waals surface area contributed by atoms with E-state index in [9.17, 15) is 0 Å². The Kier molecular flexibility index (Phi) is 9.48. The molecule has 1 N–H and O–H groups in total. The number of hydrogen-bond acceptors (Lipinski definition) is 4. The smallest absolute Gasteiger partial charge is 0.0702 e. The van der Waals surface area contributed by atoms with Crippen molar-refractivity contribution in [2.24, 2.45) is 0 Å². The van der Waals surface area contributed by atoms with Crippen LogP contribution in [0.15, 0.2) is 0 Å². The van der Waals surface area contributed by atoms with Gasteiger partial charge in [0.2, 0.25) is 0 Å². The molecule has 1 fully saturated rings. The van der Waals surface area contributed by atoms with Crippen molar-refractivity contribution >= 4 is 0 Å². The first-order chi connectivity index (χ1) is 8.86. The number of ether oxygens (including phenoxy) is 2. The van der Waals surface area contributed by atoms with Crippen LogP contribution in [0.5, 0.6) is 0 Å². The fourth-order valence-electron chi connectivity index (χ4n) is 2.36. The van der Waals surface area contributed by atoms with Gasteiger partial charge in [0.05, 0.1) is 12.7 Å². The van der Waals surface area contributed by atoms with Crippen molar-refractivity contribution in [2.75, 3.05) is 53.0 Å². The third-order valence-corrected chi connectivity index (χ3v) is 3.33. The minimum Gasteiger partial charge on any atom is -0.383 e. The van der Waals surface area contributed by atoms with Gasteiger partial charge in [0.25, 0.3) is 0 Å². The summed E-state index contributed by atoms with van der Waals surface area (Å²) >= 11 is 0. The zero-order valence-corrected chi connectivity index (χ0v) is 12.1. The van der Waals surface area contributed by atoms with Gasteiger partial charge in [-0.15, -0.1) is 0 Å². The van der Waals surface area contributed by atoms with E-state index in [0.29, 0.717) is 6.10 Å². The second-order valence-corrected chi connectivity index (χ2v) is 5.03. The Morgan fingerprint density at radius 3 is 2.94 bits per heavy atom. The Labute approximate surface area is 112 Å². The Morgan fingerprint density at radius 2 is 2.17 bits per heavy atom. The van der Waals surface area contributed by atoms with Crippen molar-refractivity contribution < 1.29 is 9.47 Å². The monoisotopic (exact) mass is 258 g/mol. The molecular weight excluding hydrogens is 228 g/mol. The van der Waals surface area contributed by atoms with Crippen molar-refractivity contribution in [1.29, 1.82) is 0 Å². The third-order valence-electron chi connectivity index (χ3n) is 3.33. The minimum atomic E-state index is 0.472. The van der Waals surface area contributed by atoms with Gasteiger partial charge in [0, 0.05) is 26.8 Å². The first-order valence-electron chi connectivity index (χ1n) is 7.40.